The summed E-state index contributed by atoms with van der Waals surface area (Å²) in [5.74, 6) is 0.431. The first-order valence-corrected chi connectivity index (χ1v) is 6.33. The van der Waals surface area contributed by atoms with Gasteiger partial charge < -0.3 is 9.47 Å². The van der Waals surface area contributed by atoms with E-state index in [4.69, 9.17) is 9.47 Å². The lowest BCUT2D eigenvalue weighted by molar-refractivity contribution is 0.0635. The van der Waals surface area contributed by atoms with E-state index in [0.717, 1.165) is 0 Å². The minimum Gasteiger partial charge on any atom is -0.444 e. The van der Waals surface area contributed by atoms with E-state index in [9.17, 15) is 4.79 Å². The fourth-order valence-electron chi connectivity index (χ4n) is 1.18. The molecular weight excluding hydrogens is 302 g/mol. The molecule has 0 aliphatic heterocycles. The molecule has 0 bridgehead atoms. The quantitative estimate of drug-likeness (QED) is 0.926. The van der Waals surface area contributed by atoms with Crippen LogP contribution in [0.3, 0.4) is 0 Å². The molecule has 1 amide bonds. The maximum absolute atomic E-state index is 11.6. The topological polar surface area (TPSA) is 65.4 Å². The Kier molecular flexibility index (Phi) is 5.15. The molecule has 0 fully saturated rings. The molecule has 0 saturated carbocycles. The Labute approximate surface area is 115 Å². The molecule has 0 aliphatic carbocycles. The predicted molar refractivity (Wildman–Crippen MR) is 71.7 cm³/mol. The van der Waals surface area contributed by atoms with Crippen molar-refractivity contribution in [2.75, 3.05) is 19.0 Å². The van der Waals surface area contributed by atoms with E-state index >= 15 is 0 Å². The summed E-state index contributed by atoms with van der Waals surface area (Å²) in [4.78, 5) is 11.6. The lowest BCUT2D eigenvalue weighted by Gasteiger charge is -2.19. The van der Waals surface area contributed by atoms with Crippen molar-refractivity contribution in [3.63, 3.8) is 0 Å². The molecule has 18 heavy (non-hydrogen) atoms. The molecule has 1 aromatic rings. The van der Waals surface area contributed by atoms with Crippen LogP contribution in [0, 0.1) is 0 Å². The number of anilines is 1. The summed E-state index contributed by atoms with van der Waals surface area (Å²) in [5.41, 5.74) is -0.533. The molecule has 0 atom stereocenters. The number of methoxy groups -OCH3 is 1. The van der Waals surface area contributed by atoms with Gasteiger partial charge in [-0.05, 0) is 36.7 Å². The number of hydrogen-bond donors (Lipinski definition) is 1. The Bertz CT molecular complexity index is 412. The van der Waals surface area contributed by atoms with E-state index in [2.05, 4.69) is 26.3 Å². The standard InChI is InChI=1S/C11H18BrN3O3/c1-11(2,3)18-10(16)13-9-8(12)7-15(14-9)5-6-17-4/h7H,5-6H2,1-4H3,(H,13,14,16). The summed E-state index contributed by atoms with van der Waals surface area (Å²) in [7, 11) is 1.62. The predicted octanol–water partition coefficient (Wildman–Crippen LogP) is 2.64. The number of ether oxygens (including phenoxy) is 2. The van der Waals surface area contributed by atoms with E-state index in [-0.39, 0.29) is 0 Å². The first-order valence-electron chi connectivity index (χ1n) is 5.53. The average molecular weight is 320 g/mol. The highest BCUT2D eigenvalue weighted by atomic mass is 79.9. The van der Waals surface area contributed by atoms with Crippen molar-refractivity contribution in [1.29, 1.82) is 0 Å². The summed E-state index contributed by atoms with van der Waals surface area (Å²) in [6.45, 7) is 6.58. The van der Waals surface area contributed by atoms with Crippen LogP contribution in [0.25, 0.3) is 0 Å². The Hall–Kier alpha value is -1.08. The number of nitrogens with zero attached hydrogens (tertiary/aromatic N) is 2. The molecule has 1 heterocycles. The third kappa shape index (κ3) is 5.05. The van der Waals surface area contributed by atoms with Crippen molar-refractivity contribution >= 4 is 27.8 Å². The summed E-state index contributed by atoms with van der Waals surface area (Å²) in [5, 5.41) is 6.78. The second-order valence-corrected chi connectivity index (χ2v) is 5.56. The van der Waals surface area contributed by atoms with Crippen LogP contribution in [0.2, 0.25) is 0 Å². The molecule has 0 spiro atoms. The van der Waals surface area contributed by atoms with Gasteiger partial charge in [-0.2, -0.15) is 5.10 Å². The van der Waals surface area contributed by atoms with Gasteiger partial charge in [-0.15, -0.1) is 0 Å². The molecule has 0 saturated heterocycles. The molecule has 1 aromatic heterocycles. The zero-order valence-electron chi connectivity index (χ0n) is 11.0. The minimum absolute atomic E-state index is 0.431. The van der Waals surface area contributed by atoms with Gasteiger partial charge in [-0.3, -0.25) is 10.00 Å². The highest BCUT2D eigenvalue weighted by Gasteiger charge is 2.18. The molecule has 0 unspecified atom stereocenters. The number of carbonyl (C=O) groups excluding carboxylic acids is 1. The van der Waals surface area contributed by atoms with Crippen molar-refractivity contribution in [3.8, 4) is 0 Å². The van der Waals surface area contributed by atoms with Gasteiger partial charge in [0.05, 0.1) is 17.6 Å². The summed E-state index contributed by atoms with van der Waals surface area (Å²) in [6, 6.07) is 0. The average Bonchev–Trinajstić information content (AvgIpc) is 2.53. The van der Waals surface area contributed by atoms with Crippen LogP contribution in [0.15, 0.2) is 10.7 Å². The Balaban J connectivity index is 2.61. The monoisotopic (exact) mass is 319 g/mol. The number of nitrogens with one attached hydrogen (secondary N) is 1. The highest BCUT2D eigenvalue weighted by Crippen LogP contribution is 2.20. The summed E-state index contributed by atoms with van der Waals surface area (Å²) >= 11 is 3.32. The number of amides is 1. The number of carbonyl (C=O) groups is 1. The van der Waals surface area contributed by atoms with Gasteiger partial charge in [-0.25, -0.2) is 4.79 Å². The molecule has 0 radical (unpaired) electrons. The van der Waals surface area contributed by atoms with Crippen LogP contribution in [0.5, 0.6) is 0 Å². The summed E-state index contributed by atoms with van der Waals surface area (Å²) in [6.07, 6.45) is 1.24. The first kappa shape index (κ1) is 15.0. The summed E-state index contributed by atoms with van der Waals surface area (Å²) < 4.78 is 12.5. The van der Waals surface area contributed by atoms with Gasteiger partial charge >= 0.3 is 6.09 Å². The fraction of sp³-hybridized carbons (Fsp3) is 0.636. The van der Waals surface area contributed by atoms with Gasteiger partial charge in [0.1, 0.15) is 5.60 Å². The Morgan fingerprint density at radius 1 is 1.56 bits per heavy atom. The maximum atomic E-state index is 11.6. The van der Waals surface area contributed by atoms with Crippen LogP contribution < -0.4 is 5.32 Å². The zero-order valence-corrected chi connectivity index (χ0v) is 12.6. The largest absolute Gasteiger partial charge is 0.444 e. The van der Waals surface area contributed by atoms with Gasteiger partial charge in [0.25, 0.3) is 0 Å². The third-order valence-electron chi connectivity index (χ3n) is 1.86. The van der Waals surface area contributed by atoms with Crippen LogP contribution in [-0.4, -0.2) is 35.2 Å². The Morgan fingerprint density at radius 3 is 2.78 bits per heavy atom. The number of rotatable bonds is 4. The van der Waals surface area contributed by atoms with E-state index in [1.54, 1.807) is 38.8 Å². The number of aromatic nitrogens is 2. The van der Waals surface area contributed by atoms with Crippen molar-refractivity contribution in [2.45, 2.75) is 32.9 Å². The zero-order chi connectivity index (χ0) is 13.8. The van der Waals surface area contributed by atoms with Gasteiger partial charge in [0.15, 0.2) is 5.82 Å². The smallest absolute Gasteiger partial charge is 0.413 e. The SMILES string of the molecule is COCCn1cc(Br)c(NC(=O)OC(C)(C)C)n1. The number of hydrogen-bond acceptors (Lipinski definition) is 4. The van der Waals surface area contributed by atoms with E-state index < -0.39 is 11.7 Å². The molecule has 6 nitrogen and oxygen atoms in total. The third-order valence-corrected chi connectivity index (χ3v) is 2.44. The molecular formula is C11H18BrN3O3. The second kappa shape index (κ2) is 6.19. The minimum atomic E-state index is -0.533. The molecule has 1 rings (SSSR count). The van der Waals surface area contributed by atoms with Crippen LogP contribution in [0.1, 0.15) is 20.8 Å². The van der Waals surface area contributed by atoms with Crippen molar-refractivity contribution < 1.29 is 14.3 Å². The highest BCUT2D eigenvalue weighted by molar-refractivity contribution is 9.10. The molecule has 7 heteroatoms. The van der Waals surface area contributed by atoms with E-state index in [1.807, 2.05) is 0 Å². The first-order chi connectivity index (χ1) is 8.31. The molecule has 1 N–H and O–H groups in total. The molecule has 0 aromatic carbocycles. The fourth-order valence-corrected chi connectivity index (χ4v) is 1.60. The van der Waals surface area contributed by atoms with Crippen LogP contribution in [-0.2, 0) is 16.0 Å². The van der Waals surface area contributed by atoms with Gasteiger partial charge in [0, 0.05) is 13.3 Å². The lowest BCUT2D eigenvalue weighted by atomic mass is 10.2. The van der Waals surface area contributed by atoms with Gasteiger partial charge in [0.2, 0.25) is 0 Å². The molecule has 0 aliphatic rings. The van der Waals surface area contributed by atoms with Crippen LogP contribution in [0.4, 0.5) is 10.6 Å². The van der Waals surface area contributed by atoms with E-state index in [1.165, 1.54) is 0 Å². The maximum Gasteiger partial charge on any atom is 0.413 e. The lowest BCUT2D eigenvalue weighted by Crippen LogP contribution is -2.27. The van der Waals surface area contributed by atoms with Crippen LogP contribution >= 0.6 is 15.9 Å². The second-order valence-electron chi connectivity index (χ2n) is 4.71. The van der Waals surface area contributed by atoms with E-state index in [0.29, 0.717) is 23.4 Å². The van der Waals surface area contributed by atoms with Crippen molar-refractivity contribution in [1.82, 2.24) is 9.78 Å². The normalized spacial score (nSPS) is 11.4. The Morgan fingerprint density at radius 2 is 2.22 bits per heavy atom. The van der Waals surface area contributed by atoms with Crippen molar-refractivity contribution in [2.24, 2.45) is 0 Å². The van der Waals surface area contributed by atoms with Crippen molar-refractivity contribution in [3.05, 3.63) is 10.7 Å². The molecule has 102 valence electrons. The van der Waals surface area contributed by atoms with Gasteiger partial charge in [-0.1, -0.05) is 0 Å². The number of halogens is 1.